The Morgan fingerprint density at radius 1 is 1.05 bits per heavy atom. The van der Waals surface area contributed by atoms with E-state index in [1.807, 2.05) is 64.1 Å². The Bertz CT molecular complexity index is 1510. The van der Waals surface area contributed by atoms with Crippen LogP contribution in [0.2, 0.25) is 0 Å². The fraction of sp³-hybridized carbons (Fsp3) is 0.286. The first-order valence-electron chi connectivity index (χ1n) is 12.2. The minimum Gasteiger partial charge on any atom is -0.486 e. The molecule has 2 amide bonds. The van der Waals surface area contributed by atoms with Crippen LogP contribution in [0.25, 0.3) is 22.3 Å². The fourth-order valence-electron chi connectivity index (χ4n) is 4.27. The van der Waals surface area contributed by atoms with E-state index in [0.717, 1.165) is 22.4 Å². The van der Waals surface area contributed by atoms with Crippen LogP contribution in [0, 0.1) is 13.8 Å². The average molecular weight is 500 g/mol. The van der Waals surface area contributed by atoms with Gasteiger partial charge in [-0.3, -0.25) is 9.59 Å². The highest BCUT2D eigenvalue weighted by atomic mass is 16.6. The topological polar surface area (TPSA) is 107 Å². The maximum atomic E-state index is 13.3. The second-order valence-electron chi connectivity index (χ2n) is 9.31. The second-order valence-corrected chi connectivity index (χ2v) is 9.31. The molecule has 0 atom stereocenters. The van der Waals surface area contributed by atoms with E-state index in [4.69, 9.17) is 14.5 Å². The van der Waals surface area contributed by atoms with E-state index >= 15 is 0 Å². The van der Waals surface area contributed by atoms with E-state index < -0.39 is 0 Å². The number of hydrogen-bond acceptors (Lipinski definition) is 6. The van der Waals surface area contributed by atoms with Gasteiger partial charge in [0.15, 0.2) is 17.1 Å². The van der Waals surface area contributed by atoms with Crippen LogP contribution in [-0.2, 0) is 4.79 Å². The minimum absolute atomic E-state index is 0.0415. The second kappa shape index (κ2) is 9.93. The molecule has 190 valence electrons. The summed E-state index contributed by atoms with van der Waals surface area (Å²) in [6.07, 6.45) is 1.64. The van der Waals surface area contributed by atoms with Gasteiger partial charge in [0.25, 0.3) is 5.91 Å². The molecular weight excluding hydrogens is 470 g/mol. The first kappa shape index (κ1) is 24.3. The molecule has 37 heavy (non-hydrogen) atoms. The van der Waals surface area contributed by atoms with E-state index in [2.05, 4.69) is 15.7 Å². The van der Waals surface area contributed by atoms with Crippen molar-refractivity contribution in [3.8, 4) is 22.8 Å². The quantitative estimate of drug-likeness (QED) is 0.406. The van der Waals surface area contributed by atoms with E-state index in [1.165, 1.54) is 0 Å². The van der Waals surface area contributed by atoms with Crippen molar-refractivity contribution in [2.45, 2.75) is 33.7 Å². The molecule has 1 aliphatic heterocycles. The molecule has 0 aliphatic carbocycles. The van der Waals surface area contributed by atoms with Crippen molar-refractivity contribution < 1.29 is 19.1 Å². The molecule has 0 saturated heterocycles. The third-order valence-electron chi connectivity index (χ3n) is 6.43. The Labute approximate surface area is 214 Å². The normalized spacial score (nSPS) is 12.6. The molecule has 0 spiro atoms. The van der Waals surface area contributed by atoms with Gasteiger partial charge in [0.05, 0.1) is 29.4 Å². The van der Waals surface area contributed by atoms with Gasteiger partial charge in [-0.1, -0.05) is 12.1 Å². The number of aryl methyl sites for hydroxylation is 1. The number of anilines is 1. The molecule has 0 fully saturated rings. The Balaban J connectivity index is 1.44. The van der Waals surface area contributed by atoms with Crippen LogP contribution >= 0.6 is 0 Å². The monoisotopic (exact) mass is 499 g/mol. The van der Waals surface area contributed by atoms with Crippen LogP contribution in [0.1, 0.15) is 41.4 Å². The summed E-state index contributed by atoms with van der Waals surface area (Å²) < 4.78 is 13.1. The predicted octanol–water partition coefficient (Wildman–Crippen LogP) is 4.44. The van der Waals surface area contributed by atoms with Crippen molar-refractivity contribution in [3.05, 3.63) is 65.4 Å². The Morgan fingerprint density at radius 3 is 2.62 bits per heavy atom. The molecule has 9 heteroatoms. The van der Waals surface area contributed by atoms with Crippen molar-refractivity contribution in [2.24, 2.45) is 0 Å². The van der Waals surface area contributed by atoms with E-state index in [-0.39, 0.29) is 24.4 Å². The number of hydrogen-bond donors (Lipinski definition) is 2. The van der Waals surface area contributed by atoms with Crippen molar-refractivity contribution in [1.82, 2.24) is 20.1 Å². The number of nitrogens with one attached hydrogen (secondary N) is 2. The van der Waals surface area contributed by atoms with Crippen LogP contribution in [0.15, 0.2) is 48.7 Å². The van der Waals surface area contributed by atoms with Crippen LogP contribution in [0.5, 0.6) is 11.5 Å². The van der Waals surface area contributed by atoms with Gasteiger partial charge in [-0.05, 0) is 69.2 Å². The first-order chi connectivity index (χ1) is 17.8. The molecule has 5 rings (SSSR count). The van der Waals surface area contributed by atoms with E-state index in [1.54, 1.807) is 16.9 Å². The minimum atomic E-state index is -0.384. The molecule has 0 unspecified atom stereocenters. The molecule has 0 saturated carbocycles. The molecular formula is C28H29N5O4. The summed E-state index contributed by atoms with van der Waals surface area (Å²) in [7, 11) is 0. The first-order valence-corrected chi connectivity index (χ1v) is 12.2. The maximum Gasteiger partial charge on any atom is 0.252 e. The van der Waals surface area contributed by atoms with E-state index in [9.17, 15) is 9.59 Å². The number of carbonyl (C=O) groups is 2. The third-order valence-corrected chi connectivity index (χ3v) is 6.43. The highest BCUT2D eigenvalue weighted by molar-refractivity contribution is 6.08. The van der Waals surface area contributed by atoms with Gasteiger partial charge in [0, 0.05) is 17.3 Å². The highest BCUT2D eigenvalue weighted by Crippen LogP contribution is 2.35. The number of benzene rings is 2. The maximum absolute atomic E-state index is 13.3. The zero-order valence-corrected chi connectivity index (χ0v) is 21.3. The summed E-state index contributed by atoms with van der Waals surface area (Å²) in [5.74, 6) is 0.621. The number of rotatable bonds is 6. The summed E-state index contributed by atoms with van der Waals surface area (Å²) >= 11 is 0. The summed E-state index contributed by atoms with van der Waals surface area (Å²) in [6.45, 7) is 8.74. The van der Waals surface area contributed by atoms with Crippen molar-refractivity contribution in [2.75, 3.05) is 25.1 Å². The molecule has 3 heterocycles. The summed E-state index contributed by atoms with van der Waals surface area (Å²) in [4.78, 5) is 30.8. The summed E-state index contributed by atoms with van der Waals surface area (Å²) in [5.41, 5.74) is 5.15. The molecule has 0 radical (unpaired) electrons. The van der Waals surface area contributed by atoms with Gasteiger partial charge in [-0.15, -0.1) is 0 Å². The smallest absolute Gasteiger partial charge is 0.252 e. The van der Waals surface area contributed by atoms with Gasteiger partial charge in [0.2, 0.25) is 5.91 Å². The lowest BCUT2D eigenvalue weighted by Crippen LogP contribution is -2.33. The number of carbonyl (C=O) groups excluding carboxylic acids is 2. The third kappa shape index (κ3) is 4.84. The molecule has 2 aromatic carbocycles. The highest BCUT2D eigenvalue weighted by Gasteiger charge is 2.20. The lowest BCUT2D eigenvalue weighted by molar-refractivity contribution is -0.115. The van der Waals surface area contributed by atoms with Crippen molar-refractivity contribution >= 4 is 28.5 Å². The standard InChI is InChI=1S/C28H29N5O4/c1-16(2)33-27-21(14-30-33)20(13-23(32-27)19-8-9-24-25(12-19)37-11-10-36-24)28(35)29-15-26(34)31-22-7-5-6-17(3)18(22)4/h5-9,12-14,16H,10-11,15H2,1-4H3,(H,29,35)(H,31,34). The molecule has 1 aliphatic rings. The zero-order valence-electron chi connectivity index (χ0n) is 21.3. The van der Waals surface area contributed by atoms with Crippen LogP contribution in [0.4, 0.5) is 5.69 Å². The van der Waals surface area contributed by atoms with Gasteiger partial charge in [-0.25, -0.2) is 9.67 Å². The fourth-order valence-corrected chi connectivity index (χ4v) is 4.27. The Kier molecular flexibility index (Phi) is 6.52. The average Bonchev–Trinajstić information content (AvgIpc) is 3.33. The van der Waals surface area contributed by atoms with Crippen LogP contribution in [0.3, 0.4) is 0 Å². The molecule has 9 nitrogen and oxygen atoms in total. The largest absolute Gasteiger partial charge is 0.486 e. The number of aromatic nitrogens is 3. The van der Waals surface area contributed by atoms with Gasteiger partial charge < -0.3 is 20.1 Å². The zero-order chi connectivity index (χ0) is 26.1. The number of fused-ring (bicyclic) bond motifs is 2. The van der Waals surface area contributed by atoms with Gasteiger partial charge in [0.1, 0.15) is 13.2 Å². The predicted molar refractivity (Wildman–Crippen MR) is 141 cm³/mol. The molecule has 4 aromatic rings. The lowest BCUT2D eigenvalue weighted by Gasteiger charge is -2.19. The number of amides is 2. The molecule has 0 bridgehead atoms. The van der Waals surface area contributed by atoms with Gasteiger partial charge >= 0.3 is 0 Å². The number of ether oxygens (including phenoxy) is 2. The van der Waals surface area contributed by atoms with Crippen molar-refractivity contribution in [1.29, 1.82) is 0 Å². The van der Waals surface area contributed by atoms with Crippen LogP contribution in [-0.4, -0.2) is 46.3 Å². The van der Waals surface area contributed by atoms with E-state index in [0.29, 0.717) is 47.0 Å². The lowest BCUT2D eigenvalue weighted by atomic mass is 10.1. The number of pyridine rings is 1. The van der Waals surface area contributed by atoms with Crippen LogP contribution < -0.4 is 20.1 Å². The Hall–Kier alpha value is -4.40. The van der Waals surface area contributed by atoms with Gasteiger partial charge in [-0.2, -0.15) is 5.10 Å². The Morgan fingerprint density at radius 2 is 1.84 bits per heavy atom. The SMILES string of the molecule is Cc1cccc(NC(=O)CNC(=O)c2cc(-c3ccc4c(c3)OCCO4)nc3c2cnn3C(C)C)c1C. The summed E-state index contributed by atoms with van der Waals surface area (Å²) in [6, 6.07) is 13.1. The van der Waals surface area contributed by atoms with Crippen molar-refractivity contribution in [3.63, 3.8) is 0 Å². The summed E-state index contributed by atoms with van der Waals surface area (Å²) in [5, 5.41) is 10.7. The number of nitrogens with zero attached hydrogens (tertiary/aromatic N) is 3. The molecule has 2 aromatic heterocycles. The molecule has 2 N–H and O–H groups in total.